The highest BCUT2D eigenvalue weighted by atomic mass is 16.5. The monoisotopic (exact) mass is 597 g/mol. The molecular weight excluding hydrogens is 558 g/mol. The van der Waals surface area contributed by atoms with Crippen molar-refractivity contribution in [1.29, 1.82) is 5.41 Å². The number of nitrogens with two attached hydrogens (primary N) is 1. The molecule has 44 heavy (non-hydrogen) atoms. The van der Waals surface area contributed by atoms with E-state index in [-0.39, 0.29) is 24.7 Å². The molecule has 0 radical (unpaired) electrons. The number of fused-ring (bicyclic) bond motifs is 1. The second kappa shape index (κ2) is 15.3. The van der Waals surface area contributed by atoms with Gasteiger partial charge in [-0.25, -0.2) is 9.78 Å². The molecular formula is C33H39N7O4. The number of carbonyl (C=O) groups is 3. The molecule has 4 rings (SSSR count). The third-order valence-corrected chi connectivity index (χ3v) is 7.20. The highest BCUT2D eigenvalue weighted by Gasteiger charge is 2.20. The van der Waals surface area contributed by atoms with Crippen molar-refractivity contribution in [3.05, 3.63) is 89.7 Å². The number of unbranched alkanes of at least 4 members (excludes halogenated alkanes) is 3. The molecule has 0 saturated carbocycles. The molecule has 0 aliphatic rings. The van der Waals surface area contributed by atoms with Gasteiger partial charge in [-0.3, -0.25) is 20.3 Å². The lowest BCUT2D eigenvalue weighted by Gasteiger charge is -2.22. The lowest BCUT2D eigenvalue weighted by Crippen LogP contribution is -2.34. The lowest BCUT2D eigenvalue weighted by molar-refractivity contribution is -0.117. The van der Waals surface area contributed by atoms with Gasteiger partial charge in [0.05, 0.1) is 24.2 Å². The number of nitrogens with one attached hydrogen (secondary N) is 3. The van der Waals surface area contributed by atoms with Crippen LogP contribution in [0.15, 0.2) is 72.8 Å². The molecule has 3 amide bonds. The minimum atomic E-state index is -0.626. The van der Waals surface area contributed by atoms with Gasteiger partial charge in [-0.05, 0) is 61.0 Å². The number of ether oxygens (including phenoxy) is 1. The first-order chi connectivity index (χ1) is 21.3. The minimum absolute atomic E-state index is 0.0312. The van der Waals surface area contributed by atoms with Crippen LogP contribution in [-0.2, 0) is 23.1 Å². The fraction of sp³-hybridized carbons (Fsp3) is 0.303. The summed E-state index contributed by atoms with van der Waals surface area (Å²) in [5.41, 5.74) is 9.41. The number of para-hydroxylation sites is 1. The van der Waals surface area contributed by atoms with Crippen molar-refractivity contribution < 1.29 is 19.1 Å². The number of amidine groups is 1. The number of aryl methyl sites for hydroxylation is 1. The number of hydrogen-bond donors (Lipinski definition) is 4. The number of anilines is 2. The van der Waals surface area contributed by atoms with E-state index in [1.165, 1.54) is 0 Å². The molecule has 0 aliphatic carbocycles. The van der Waals surface area contributed by atoms with Crippen LogP contribution in [0.5, 0.6) is 0 Å². The van der Waals surface area contributed by atoms with Gasteiger partial charge in [-0.1, -0.05) is 44.4 Å². The van der Waals surface area contributed by atoms with Crippen LogP contribution in [0.2, 0.25) is 0 Å². The van der Waals surface area contributed by atoms with E-state index in [9.17, 15) is 14.4 Å². The van der Waals surface area contributed by atoms with Crippen LogP contribution in [0.4, 0.5) is 16.2 Å². The van der Waals surface area contributed by atoms with Gasteiger partial charge in [0, 0.05) is 42.5 Å². The largest absolute Gasteiger partial charge is 0.449 e. The van der Waals surface area contributed by atoms with E-state index in [2.05, 4.69) is 17.6 Å². The molecule has 1 aromatic heterocycles. The highest BCUT2D eigenvalue weighted by molar-refractivity contribution is 6.08. The normalized spacial score (nSPS) is 10.8. The standard InChI is InChI=1S/C33H39N7O4/c1-3-4-5-9-20-44-33(43)38-31(35)23-12-15-25(16-13-23)36-22-30-37-27-21-24(14-17-28(27)39(30)2)32(42)40(19-18-29(34)41)26-10-7-6-8-11-26/h6-8,10-17,21,36H,3-5,9,18-20,22H2,1-2H3,(H2,34,41)(H2,35,38,43). The number of hydrogen-bond acceptors (Lipinski definition) is 7. The van der Waals surface area contributed by atoms with Crippen LogP contribution in [0.25, 0.3) is 11.0 Å². The van der Waals surface area contributed by atoms with Crippen molar-refractivity contribution in [2.45, 2.75) is 45.6 Å². The summed E-state index contributed by atoms with van der Waals surface area (Å²) >= 11 is 0. The molecule has 4 aromatic rings. The fourth-order valence-corrected chi connectivity index (χ4v) is 4.71. The summed E-state index contributed by atoms with van der Waals surface area (Å²) in [6.45, 7) is 3.05. The first kappa shape index (κ1) is 31.7. The number of primary amides is 1. The number of aromatic nitrogens is 2. The smallest absolute Gasteiger partial charge is 0.412 e. The van der Waals surface area contributed by atoms with E-state index in [1.54, 1.807) is 29.2 Å². The van der Waals surface area contributed by atoms with Crippen molar-refractivity contribution in [2.75, 3.05) is 23.4 Å². The van der Waals surface area contributed by atoms with E-state index >= 15 is 0 Å². The maximum atomic E-state index is 13.5. The summed E-state index contributed by atoms with van der Waals surface area (Å²) in [7, 11) is 1.91. The van der Waals surface area contributed by atoms with Crippen LogP contribution < -0.4 is 21.3 Å². The number of benzene rings is 3. The predicted molar refractivity (Wildman–Crippen MR) is 172 cm³/mol. The van der Waals surface area contributed by atoms with Gasteiger partial charge >= 0.3 is 6.09 Å². The first-order valence-electron chi connectivity index (χ1n) is 14.7. The average molecular weight is 598 g/mol. The SMILES string of the molecule is CCCCCCOC(=O)NC(=N)c1ccc(NCc2nc3cc(C(=O)N(CCC(N)=O)c4ccccc4)ccc3n2C)cc1. The van der Waals surface area contributed by atoms with Crippen molar-refractivity contribution in [3.63, 3.8) is 0 Å². The van der Waals surface area contributed by atoms with Crippen LogP contribution in [0.3, 0.4) is 0 Å². The molecule has 0 unspecified atom stereocenters. The molecule has 11 heteroatoms. The minimum Gasteiger partial charge on any atom is -0.449 e. The van der Waals surface area contributed by atoms with Crippen molar-refractivity contribution in [1.82, 2.24) is 14.9 Å². The molecule has 230 valence electrons. The zero-order valence-electron chi connectivity index (χ0n) is 25.1. The molecule has 0 aliphatic heterocycles. The Morgan fingerprint density at radius 3 is 2.41 bits per heavy atom. The Morgan fingerprint density at radius 2 is 1.70 bits per heavy atom. The average Bonchev–Trinajstić information content (AvgIpc) is 3.34. The Hall–Kier alpha value is -5.19. The van der Waals surface area contributed by atoms with E-state index < -0.39 is 12.0 Å². The molecule has 0 atom stereocenters. The molecule has 3 aromatic carbocycles. The summed E-state index contributed by atoms with van der Waals surface area (Å²) in [5.74, 6) is 0.00793. The van der Waals surface area contributed by atoms with Crippen LogP contribution in [0, 0.1) is 5.41 Å². The molecule has 1 heterocycles. The third kappa shape index (κ3) is 8.43. The lowest BCUT2D eigenvalue weighted by atomic mass is 10.1. The molecule has 0 bridgehead atoms. The van der Waals surface area contributed by atoms with Crippen molar-refractivity contribution >= 4 is 46.2 Å². The first-order valence-corrected chi connectivity index (χ1v) is 14.7. The number of rotatable bonds is 14. The van der Waals surface area contributed by atoms with E-state index in [4.69, 9.17) is 20.9 Å². The Kier molecular flexibility index (Phi) is 11.1. The highest BCUT2D eigenvalue weighted by Crippen LogP contribution is 2.22. The summed E-state index contributed by atoms with van der Waals surface area (Å²) < 4.78 is 7.11. The number of alkyl carbamates (subject to hydrolysis) is 1. The van der Waals surface area contributed by atoms with Gasteiger partial charge in [0.15, 0.2) is 0 Å². The molecule has 0 saturated heterocycles. The Balaban J connectivity index is 1.38. The van der Waals surface area contributed by atoms with Crippen LogP contribution in [0.1, 0.15) is 60.8 Å². The van der Waals surface area contributed by atoms with E-state index in [1.807, 2.05) is 60.1 Å². The zero-order valence-corrected chi connectivity index (χ0v) is 25.1. The zero-order chi connectivity index (χ0) is 31.5. The second-order valence-corrected chi connectivity index (χ2v) is 10.4. The van der Waals surface area contributed by atoms with Crippen LogP contribution in [-0.4, -0.2) is 46.4 Å². The van der Waals surface area contributed by atoms with Gasteiger partial charge < -0.3 is 25.3 Å². The van der Waals surface area contributed by atoms with Gasteiger partial charge in [0.1, 0.15) is 11.7 Å². The number of imidazole rings is 1. The summed E-state index contributed by atoms with van der Waals surface area (Å²) in [6.07, 6.45) is 3.46. The Morgan fingerprint density at radius 1 is 0.977 bits per heavy atom. The third-order valence-electron chi connectivity index (χ3n) is 7.20. The fourth-order valence-electron chi connectivity index (χ4n) is 4.71. The van der Waals surface area contributed by atoms with E-state index in [0.29, 0.717) is 35.5 Å². The summed E-state index contributed by atoms with van der Waals surface area (Å²) in [6, 6.07) is 21.7. The topological polar surface area (TPSA) is 155 Å². The Bertz CT molecular complexity index is 1600. The predicted octanol–water partition coefficient (Wildman–Crippen LogP) is 5.34. The maximum absolute atomic E-state index is 13.5. The number of carbonyl (C=O) groups excluding carboxylic acids is 3. The molecule has 0 spiro atoms. The second-order valence-electron chi connectivity index (χ2n) is 10.4. The van der Waals surface area contributed by atoms with Crippen molar-refractivity contribution in [3.8, 4) is 0 Å². The van der Waals surface area contributed by atoms with Gasteiger partial charge in [0.2, 0.25) is 5.91 Å². The molecule has 5 N–H and O–H groups in total. The van der Waals surface area contributed by atoms with Gasteiger partial charge in [0.25, 0.3) is 5.91 Å². The van der Waals surface area contributed by atoms with Gasteiger partial charge in [-0.15, -0.1) is 0 Å². The maximum Gasteiger partial charge on any atom is 0.412 e. The summed E-state index contributed by atoms with van der Waals surface area (Å²) in [4.78, 5) is 43.2. The molecule has 11 nitrogen and oxygen atoms in total. The van der Waals surface area contributed by atoms with Gasteiger partial charge in [-0.2, -0.15) is 0 Å². The van der Waals surface area contributed by atoms with Crippen LogP contribution >= 0.6 is 0 Å². The quantitative estimate of drug-likeness (QED) is 0.0874. The number of amides is 3. The molecule has 0 fully saturated rings. The Labute approximate surface area is 256 Å². The van der Waals surface area contributed by atoms with Crippen molar-refractivity contribution in [2.24, 2.45) is 12.8 Å². The number of nitrogens with zero attached hydrogens (tertiary/aromatic N) is 3. The summed E-state index contributed by atoms with van der Waals surface area (Å²) in [5, 5.41) is 14.0. The van der Waals surface area contributed by atoms with E-state index in [0.717, 1.165) is 42.7 Å².